The molecule has 3 atom stereocenters. The minimum Gasteiger partial charge on any atom is -0.497 e. The maximum absolute atomic E-state index is 12.9. The van der Waals surface area contributed by atoms with Crippen LogP contribution < -0.4 is 9.64 Å². The molecular formula is C25H25NO6. The highest BCUT2D eigenvalue weighted by Crippen LogP contribution is 2.42. The van der Waals surface area contributed by atoms with Gasteiger partial charge in [0, 0.05) is 5.56 Å². The van der Waals surface area contributed by atoms with E-state index in [0.29, 0.717) is 35.8 Å². The molecule has 2 fully saturated rings. The van der Waals surface area contributed by atoms with Crippen LogP contribution in [0.2, 0.25) is 0 Å². The number of benzene rings is 2. The molecule has 2 amide bonds. The molecule has 0 spiro atoms. The molecule has 1 aliphatic carbocycles. The van der Waals surface area contributed by atoms with Crippen molar-refractivity contribution < 1.29 is 28.7 Å². The molecule has 2 aromatic carbocycles. The third kappa shape index (κ3) is 4.15. The second-order valence-electron chi connectivity index (χ2n) is 8.42. The summed E-state index contributed by atoms with van der Waals surface area (Å²) in [6.45, 7) is 1.67. The Morgan fingerprint density at radius 3 is 2.47 bits per heavy atom. The van der Waals surface area contributed by atoms with Gasteiger partial charge in [-0.25, -0.2) is 4.79 Å². The number of ether oxygens (including phenoxy) is 2. The molecule has 0 unspecified atom stereocenters. The number of imide groups is 1. The van der Waals surface area contributed by atoms with Crippen LogP contribution in [0.5, 0.6) is 5.75 Å². The van der Waals surface area contributed by atoms with Gasteiger partial charge < -0.3 is 9.47 Å². The lowest BCUT2D eigenvalue weighted by atomic mass is 9.76. The van der Waals surface area contributed by atoms with Crippen LogP contribution in [-0.2, 0) is 14.3 Å². The van der Waals surface area contributed by atoms with Gasteiger partial charge in [0.15, 0.2) is 12.4 Å². The van der Waals surface area contributed by atoms with Gasteiger partial charge in [-0.2, -0.15) is 0 Å². The first-order chi connectivity index (χ1) is 15.4. The van der Waals surface area contributed by atoms with E-state index in [1.807, 2.05) is 0 Å². The summed E-state index contributed by atoms with van der Waals surface area (Å²) in [6.07, 6.45) is 2.35. The van der Waals surface area contributed by atoms with Gasteiger partial charge in [-0.15, -0.1) is 0 Å². The number of hydrogen-bond acceptors (Lipinski definition) is 6. The lowest BCUT2D eigenvalue weighted by Crippen LogP contribution is -2.31. The SMILES string of the molecule is COc1cccc(C(=O)COC(=O)c2cccc(N3C(=O)[C@H]4CC[C@H](C)C[C@H]4C3=O)c2)c1. The molecule has 4 rings (SSSR count). The maximum atomic E-state index is 12.9. The highest BCUT2D eigenvalue weighted by molar-refractivity contribution is 6.22. The standard InChI is InChI=1S/C25H25NO6/c1-15-9-10-20-21(11-15)24(29)26(23(20)28)18-7-3-6-17(12-18)25(30)32-14-22(27)16-5-4-8-19(13-16)31-2/h3-8,12-13,15,20-21H,9-11,14H2,1-2H3/t15-,20-,21+/m0/s1. The third-order valence-corrected chi connectivity index (χ3v) is 6.25. The molecule has 0 bridgehead atoms. The van der Waals surface area contributed by atoms with Crippen molar-refractivity contribution in [2.45, 2.75) is 26.2 Å². The van der Waals surface area contributed by atoms with Crippen molar-refractivity contribution in [3.05, 3.63) is 59.7 Å². The summed E-state index contributed by atoms with van der Waals surface area (Å²) in [5, 5.41) is 0. The monoisotopic (exact) mass is 435 g/mol. The van der Waals surface area contributed by atoms with Gasteiger partial charge in [-0.1, -0.05) is 25.1 Å². The van der Waals surface area contributed by atoms with Crippen molar-refractivity contribution >= 4 is 29.3 Å². The van der Waals surface area contributed by atoms with Crippen LogP contribution in [0.15, 0.2) is 48.5 Å². The van der Waals surface area contributed by atoms with Crippen LogP contribution in [0.4, 0.5) is 5.69 Å². The second kappa shape index (κ2) is 8.94. The van der Waals surface area contributed by atoms with Crippen molar-refractivity contribution in [3.63, 3.8) is 0 Å². The van der Waals surface area contributed by atoms with Crippen LogP contribution in [0, 0.1) is 17.8 Å². The Hall–Kier alpha value is -3.48. The van der Waals surface area contributed by atoms with E-state index in [2.05, 4.69) is 6.92 Å². The zero-order chi connectivity index (χ0) is 22.8. The Balaban J connectivity index is 1.46. The first-order valence-corrected chi connectivity index (χ1v) is 10.7. The first kappa shape index (κ1) is 21.7. The van der Waals surface area contributed by atoms with E-state index in [0.717, 1.165) is 6.42 Å². The van der Waals surface area contributed by atoms with Gasteiger partial charge in [-0.3, -0.25) is 19.3 Å². The molecule has 166 valence electrons. The number of methoxy groups -OCH3 is 1. The molecular weight excluding hydrogens is 410 g/mol. The molecule has 1 saturated heterocycles. The Kier molecular flexibility index (Phi) is 6.08. The van der Waals surface area contributed by atoms with Gasteiger partial charge in [0.2, 0.25) is 11.8 Å². The van der Waals surface area contributed by atoms with Gasteiger partial charge in [0.1, 0.15) is 5.75 Å². The molecule has 1 saturated carbocycles. The van der Waals surface area contributed by atoms with Crippen LogP contribution in [0.25, 0.3) is 0 Å². The number of esters is 1. The number of anilines is 1. The van der Waals surface area contributed by atoms with Crippen molar-refractivity contribution in [1.29, 1.82) is 0 Å². The maximum Gasteiger partial charge on any atom is 0.338 e. The molecule has 7 nitrogen and oxygen atoms in total. The molecule has 2 aromatic rings. The average Bonchev–Trinajstić information content (AvgIpc) is 3.06. The van der Waals surface area contributed by atoms with Crippen LogP contribution >= 0.6 is 0 Å². The summed E-state index contributed by atoms with van der Waals surface area (Å²) in [5.41, 5.74) is 0.899. The number of amides is 2. The summed E-state index contributed by atoms with van der Waals surface area (Å²) >= 11 is 0. The van der Waals surface area contributed by atoms with Gasteiger partial charge in [0.25, 0.3) is 0 Å². The molecule has 0 radical (unpaired) electrons. The first-order valence-electron chi connectivity index (χ1n) is 10.7. The van der Waals surface area contributed by atoms with E-state index in [-0.39, 0.29) is 35.0 Å². The highest BCUT2D eigenvalue weighted by atomic mass is 16.5. The molecule has 7 heteroatoms. The lowest BCUT2D eigenvalue weighted by Gasteiger charge is -2.25. The topological polar surface area (TPSA) is 90.0 Å². The van der Waals surface area contributed by atoms with Gasteiger partial charge in [-0.05, 0) is 55.5 Å². The molecule has 0 N–H and O–H groups in total. The van der Waals surface area contributed by atoms with E-state index in [1.54, 1.807) is 36.4 Å². The lowest BCUT2D eigenvalue weighted by molar-refractivity contribution is -0.122. The second-order valence-corrected chi connectivity index (χ2v) is 8.42. The largest absolute Gasteiger partial charge is 0.497 e. The average molecular weight is 435 g/mol. The van der Waals surface area contributed by atoms with E-state index in [9.17, 15) is 19.2 Å². The fourth-order valence-corrected chi connectivity index (χ4v) is 4.51. The van der Waals surface area contributed by atoms with E-state index >= 15 is 0 Å². The van der Waals surface area contributed by atoms with Crippen molar-refractivity contribution in [1.82, 2.24) is 0 Å². The number of fused-ring (bicyclic) bond motifs is 1. The summed E-state index contributed by atoms with van der Waals surface area (Å²) in [5.74, 6) is -1.10. The van der Waals surface area contributed by atoms with E-state index in [4.69, 9.17) is 9.47 Å². The molecule has 1 heterocycles. The molecule has 1 aliphatic heterocycles. The van der Waals surface area contributed by atoms with Gasteiger partial charge in [0.05, 0.1) is 30.2 Å². The minimum atomic E-state index is -0.701. The Labute approximate surface area is 186 Å². The molecule has 32 heavy (non-hydrogen) atoms. The number of hydrogen-bond donors (Lipinski definition) is 0. The van der Waals surface area contributed by atoms with Crippen molar-refractivity contribution in [2.75, 3.05) is 18.6 Å². The molecule has 2 aliphatic rings. The van der Waals surface area contributed by atoms with Crippen molar-refractivity contribution in [3.8, 4) is 5.75 Å². The predicted molar refractivity (Wildman–Crippen MR) is 117 cm³/mol. The van der Waals surface area contributed by atoms with Crippen LogP contribution in [-0.4, -0.2) is 37.3 Å². The highest BCUT2D eigenvalue weighted by Gasteiger charge is 2.50. The smallest absolute Gasteiger partial charge is 0.338 e. The summed E-state index contributed by atoms with van der Waals surface area (Å²) in [4.78, 5) is 51.9. The zero-order valence-electron chi connectivity index (χ0n) is 18.1. The van der Waals surface area contributed by atoms with Crippen LogP contribution in [0.3, 0.4) is 0 Å². The number of carbonyl (C=O) groups is 4. The minimum absolute atomic E-state index is 0.171. The fourth-order valence-electron chi connectivity index (χ4n) is 4.51. The summed E-state index contributed by atoms with van der Waals surface area (Å²) in [6, 6.07) is 12.8. The quantitative estimate of drug-likeness (QED) is 0.391. The number of rotatable bonds is 6. The fraction of sp³-hybridized carbons (Fsp3) is 0.360. The summed E-state index contributed by atoms with van der Waals surface area (Å²) in [7, 11) is 1.50. The Bertz CT molecular complexity index is 1080. The number of ketones is 1. The number of Topliss-reactive ketones (excluding diaryl/α,β-unsaturated/α-hetero) is 1. The summed E-state index contributed by atoms with van der Waals surface area (Å²) < 4.78 is 10.3. The molecule has 0 aromatic heterocycles. The normalized spacial score (nSPS) is 22.4. The van der Waals surface area contributed by atoms with Crippen LogP contribution in [0.1, 0.15) is 46.9 Å². The van der Waals surface area contributed by atoms with Gasteiger partial charge >= 0.3 is 5.97 Å². The predicted octanol–water partition coefficient (Wildman–Crippen LogP) is 3.66. The number of nitrogens with zero attached hydrogens (tertiary/aromatic N) is 1. The zero-order valence-corrected chi connectivity index (χ0v) is 18.1. The van der Waals surface area contributed by atoms with E-state index in [1.165, 1.54) is 24.1 Å². The van der Waals surface area contributed by atoms with Crippen molar-refractivity contribution in [2.24, 2.45) is 17.8 Å². The third-order valence-electron chi connectivity index (χ3n) is 6.25. The Morgan fingerprint density at radius 2 is 1.69 bits per heavy atom. The Morgan fingerprint density at radius 1 is 0.969 bits per heavy atom. The van der Waals surface area contributed by atoms with E-state index < -0.39 is 12.6 Å². The number of carbonyl (C=O) groups excluding carboxylic acids is 4.